The zero-order chi connectivity index (χ0) is 31.4. The van der Waals surface area contributed by atoms with E-state index < -0.39 is 0 Å². The molecule has 2 unspecified atom stereocenters. The highest BCUT2D eigenvalue weighted by molar-refractivity contribution is 7.99. The standard InChI is InChI=1S/C38H50N4O2S/c1-5-8-34(44-29(3)43)22-38(27-40(4)26-31-9-6-7-10-37(31)38)32-16-19-41(20-17-32)23-30-24-42(25-30)33-11-13-35(14-12-33)45-36-15-18-39-28(2)21-36/h6-7,9-15,18,21,30,32,34H,5,8,16-17,19-20,22-27H2,1-4H3. The van der Waals surface area contributed by atoms with Crippen LogP contribution in [0.5, 0.6) is 0 Å². The molecule has 0 aliphatic carbocycles. The van der Waals surface area contributed by atoms with Crippen LogP contribution in [0.1, 0.15) is 62.8 Å². The maximum atomic E-state index is 12.1. The van der Waals surface area contributed by atoms with Crippen LogP contribution in [0.2, 0.25) is 0 Å². The molecule has 2 atom stereocenters. The van der Waals surface area contributed by atoms with Crippen LogP contribution in [0.15, 0.2) is 76.7 Å². The second-order valence-corrected chi connectivity index (χ2v) is 14.9. The number of ether oxygens (including phenoxy) is 1. The summed E-state index contributed by atoms with van der Waals surface area (Å²) in [6, 6.07) is 22.3. The number of benzene rings is 2. The normalized spacial score (nSPS) is 22.1. The summed E-state index contributed by atoms with van der Waals surface area (Å²) in [6.45, 7) is 13.6. The predicted molar refractivity (Wildman–Crippen MR) is 184 cm³/mol. The highest BCUT2D eigenvalue weighted by Crippen LogP contribution is 2.47. The largest absolute Gasteiger partial charge is 0.463 e. The van der Waals surface area contributed by atoms with Gasteiger partial charge in [-0.25, -0.2) is 0 Å². The van der Waals surface area contributed by atoms with E-state index in [0.29, 0.717) is 5.92 Å². The molecule has 3 aliphatic heterocycles. The Kier molecular flexibility index (Phi) is 10.2. The van der Waals surface area contributed by atoms with Crippen molar-refractivity contribution in [2.45, 2.75) is 80.7 Å². The predicted octanol–water partition coefficient (Wildman–Crippen LogP) is 7.19. The SMILES string of the molecule is CCCC(CC1(C2CCN(CC3CN(c4ccc(Sc5ccnc(C)c5)cc4)C3)CC2)CN(C)Cc2ccccc21)OC(C)=O. The number of likely N-dealkylation sites (N-methyl/N-ethyl adjacent to an activating group) is 1. The van der Waals surface area contributed by atoms with E-state index in [0.717, 1.165) is 70.1 Å². The second kappa shape index (κ2) is 14.3. The molecular weight excluding hydrogens is 577 g/mol. The summed E-state index contributed by atoms with van der Waals surface area (Å²) >= 11 is 1.80. The monoisotopic (exact) mass is 626 g/mol. The Labute approximate surface area is 274 Å². The molecule has 3 aliphatic rings. The molecule has 2 aromatic carbocycles. The van der Waals surface area contributed by atoms with Crippen LogP contribution in [-0.2, 0) is 21.5 Å². The van der Waals surface area contributed by atoms with Crippen molar-refractivity contribution in [2.75, 3.05) is 51.2 Å². The first-order valence-electron chi connectivity index (χ1n) is 16.9. The molecule has 6 rings (SSSR count). The number of anilines is 1. The number of hydrogen-bond donors (Lipinski definition) is 0. The fourth-order valence-corrected chi connectivity index (χ4v) is 9.19. The van der Waals surface area contributed by atoms with Gasteiger partial charge in [0.05, 0.1) is 0 Å². The van der Waals surface area contributed by atoms with Crippen molar-refractivity contribution in [1.29, 1.82) is 0 Å². The molecule has 0 amide bonds. The summed E-state index contributed by atoms with van der Waals surface area (Å²) in [4.78, 5) is 26.7. The summed E-state index contributed by atoms with van der Waals surface area (Å²) in [6.07, 6.45) is 7.13. The Morgan fingerprint density at radius 2 is 1.82 bits per heavy atom. The number of pyridine rings is 1. The topological polar surface area (TPSA) is 48.9 Å². The summed E-state index contributed by atoms with van der Waals surface area (Å²) in [5, 5.41) is 0. The minimum absolute atomic E-state index is 0.0128. The number of hydrogen-bond acceptors (Lipinski definition) is 7. The molecule has 0 bridgehead atoms. The number of fused-ring (bicyclic) bond motifs is 1. The van der Waals surface area contributed by atoms with Crippen LogP contribution in [0.25, 0.3) is 0 Å². The lowest BCUT2D eigenvalue weighted by Crippen LogP contribution is -2.55. The van der Waals surface area contributed by atoms with Crippen LogP contribution in [0.4, 0.5) is 5.69 Å². The Morgan fingerprint density at radius 3 is 2.53 bits per heavy atom. The van der Waals surface area contributed by atoms with Gasteiger partial charge in [0.15, 0.2) is 0 Å². The van der Waals surface area contributed by atoms with E-state index in [4.69, 9.17) is 4.74 Å². The second-order valence-electron chi connectivity index (χ2n) is 13.8. The Balaban J connectivity index is 1.06. The van der Waals surface area contributed by atoms with Gasteiger partial charge < -0.3 is 19.4 Å². The third-order valence-electron chi connectivity index (χ3n) is 10.2. The molecule has 45 heavy (non-hydrogen) atoms. The maximum absolute atomic E-state index is 12.1. The minimum atomic E-state index is -0.153. The number of carbonyl (C=O) groups excluding carboxylic acids is 1. The highest BCUT2D eigenvalue weighted by atomic mass is 32.2. The van der Waals surface area contributed by atoms with E-state index in [1.807, 2.05) is 13.1 Å². The fourth-order valence-electron chi connectivity index (χ4n) is 8.29. The Bertz CT molecular complexity index is 1430. The van der Waals surface area contributed by atoms with Crippen LogP contribution in [-0.4, -0.2) is 73.2 Å². The van der Waals surface area contributed by atoms with E-state index in [1.165, 1.54) is 46.0 Å². The van der Waals surface area contributed by atoms with Gasteiger partial charge in [-0.05, 0) is 106 Å². The van der Waals surface area contributed by atoms with Crippen LogP contribution in [0.3, 0.4) is 0 Å². The highest BCUT2D eigenvalue weighted by Gasteiger charge is 2.47. The quantitative estimate of drug-likeness (QED) is 0.209. The lowest BCUT2D eigenvalue weighted by Gasteiger charge is -2.52. The van der Waals surface area contributed by atoms with Gasteiger partial charge in [0.1, 0.15) is 6.10 Å². The maximum Gasteiger partial charge on any atom is 0.302 e. The molecule has 2 fully saturated rings. The number of nitrogens with zero attached hydrogens (tertiary/aromatic N) is 4. The van der Waals surface area contributed by atoms with Gasteiger partial charge in [-0.3, -0.25) is 9.78 Å². The summed E-state index contributed by atoms with van der Waals surface area (Å²) in [5.74, 6) is 1.15. The zero-order valence-corrected chi connectivity index (χ0v) is 28.4. The van der Waals surface area contributed by atoms with Gasteiger partial charge >= 0.3 is 5.97 Å². The summed E-state index contributed by atoms with van der Waals surface area (Å²) in [7, 11) is 2.26. The Morgan fingerprint density at radius 1 is 1.07 bits per heavy atom. The number of esters is 1. The van der Waals surface area contributed by atoms with Crippen molar-refractivity contribution in [3.8, 4) is 0 Å². The fraction of sp³-hybridized carbons (Fsp3) is 0.526. The number of likely N-dealkylation sites (tertiary alicyclic amines) is 1. The molecule has 240 valence electrons. The van der Waals surface area contributed by atoms with Crippen molar-refractivity contribution < 1.29 is 9.53 Å². The first-order valence-corrected chi connectivity index (χ1v) is 17.7. The summed E-state index contributed by atoms with van der Waals surface area (Å²) < 4.78 is 5.96. The van der Waals surface area contributed by atoms with Crippen LogP contribution < -0.4 is 4.90 Å². The molecule has 0 N–H and O–H groups in total. The Hall–Kier alpha value is -2.87. The van der Waals surface area contributed by atoms with Crippen LogP contribution in [0, 0.1) is 18.8 Å². The zero-order valence-electron chi connectivity index (χ0n) is 27.6. The van der Waals surface area contributed by atoms with Gasteiger partial charge in [-0.1, -0.05) is 49.4 Å². The number of rotatable bonds is 11. The van der Waals surface area contributed by atoms with Crippen molar-refractivity contribution >= 4 is 23.4 Å². The summed E-state index contributed by atoms with van der Waals surface area (Å²) in [5.41, 5.74) is 5.35. The molecule has 0 saturated carbocycles. The molecule has 0 spiro atoms. The minimum Gasteiger partial charge on any atom is -0.463 e. The van der Waals surface area contributed by atoms with Crippen molar-refractivity contribution in [3.05, 3.63) is 83.7 Å². The molecule has 3 aromatic rings. The number of carbonyl (C=O) groups is 1. The van der Waals surface area contributed by atoms with E-state index in [2.05, 4.69) is 94.3 Å². The van der Waals surface area contributed by atoms with Crippen molar-refractivity contribution in [2.24, 2.45) is 11.8 Å². The van der Waals surface area contributed by atoms with E-state index in [-0.39, 0.29) is 17.5 Å². The van der Waals surface area contributed by atoms with Crippen LogP contribution >= 0.6 is 11.8 Å². The van der Waals surface area contributed by atoms with Gasteiger partial charge in [0.25, 0.3) is 0 Å². The van der Waals surface area contributed by atoms with Crippen molar-refractivity contribution in [1.82, 2.24) is 14.8 Å². The molecule has 4 heterocycles. The molecule has 6 nitrogen and oxygen atoms in total. The van der Waals surface area contributed by atoms with E-state index in [1.54, 1.807) is 18.7 Å². The average Bonchev–Trinajstić information content (AvgIpc) is 2.99. The first-order chi connectivity index (χ1) is 21.8. The number of piperidine rings is 1. The van der Waals surface area contributed by atoms with Crippen molar-refractivity contribution in [3.63, 3.8) is 0 Å². The first kappa shape index (κ1) is 32.1. The van der Waals surface area contributed by atoms with Gasteiger partial charge in [-0.15, -0.1) is 0 Å². The number of aromatic nitrogens is 1. The molecular formula is C38H50N4O2S. The molecule has 7 heteroatoms. The van der Waals surface area contributed by atoms with Gasteiger partial charge in [0, 0.05) is 78.3 Å². The molecule has 1 aromatic heterocycles. The third kappa shape index (κ3) is 7.58. The molecule has 2 saturated heterocycles. The van der Waals surface area contributed by atoms with E-state index >= 15 is 0 Å². The lowest BCUT2D eigenvalue weighted by atomic mass is 9.61. The van der Waals surface area contributed by atoms with E-state index in [9.17, 15) is 4.79 Å². The van der Waals surface area contributed by atoms with Gasteiger partial charge in [0.2, 0.25) is 0 Å². The molecule has 0 radical (unpaired) electrons. The third-order valence-corrected chi connectivity index (χ3v) is 11.2. The smallest absolute Gasteiger partial charge is 0.302 e. The van der Waals surface area contributed by atoms with Gasteiger partial charge in [-0.2, -0.15) is 0 Å². The number of aryl methyl sites for hydroxylation is 1. The average molecular weight is 627 g/mol. The lowest BCUT2D eigenvalue weighted by molar-refractivity contribution is -0.148.